The van der Waals surface area contributed by atoms with E-state index in [9.17, 15) is 14.4 Å². The Morgan fingerprint density at radius 2 is 1.78 bits per heavy atom. The van der Waals surface area contributed by atoms with Crippen LogP contribution in [0.2, 0.25) is 0 Å². The third kappa shape index (κ3) is 4.45. The fraction of sp³-hybridized carbons (Fsp3) is 0.227. The lowest BCUT2D eigenvalue weighted by Crippen LogP contribution is -2.33. The molecule has 0 saturated carbocycles. The van der Waals surface area contributed by atoms with E-state index in [-0.39, 0.29) is 24.8 Å². The number of anilines is 1. The van der Waals surface area contributed by atoms with Gasteiger partial charge < -0.3 is 10.1 Å². The van der Waals surface area contributed by atoms with Crippen molar-refractivity contribution < 1.29 is 33.7 Å². The molecule has 2 aromatic carbocycles. The lowest BCUT2D eigenvalue weighted by atomic mass is 9.97. The number of nitrogens with zero attached hydrogens (tertiary/aromatic N) is 1. The molecule has 1 atom stereocenters. The summed E-state index contributed by atoms with van der Waals surface area (Å²) in [5.41, 5.74) is 4.75. The van der Waals surface area contributed by atoms with E-state index in [1.54, 1.807) is 7.11 Å². The Balaban J connectivity index is 1.49. The van der Waals surface area contributed by atoms with Gasteiger partial charge in [0.2, 0.25) is 5.91 Å². The van der Waals surface area contributed by atoms with Gasteiger partial charge in [-0.25, -0.2) is 5.26 Å². The summed E-state index contributed by atoms with van der Waals surface area (Å²) in [6.07, 6.45) is 2.40. The van der Waals surface area contributed by atoms with Crippen molar-refractivity contribution in [3.05, 3.63) is 59.7 Å². The van der Waals surface area contributed by atoms with Crippen molar-refractivity contribution in [2.45, 2.75) is 17.2 Å². The van der Waals surface area contributed by atoms with Gasteiger partial charge in [-0.05, 0) is 46.5 Å². The smallest absolute Gasteiger partial charge is 0.253 e. The summed E-state index contributed by atoms with van der Waals surface area (Å²) < 4.78 is 9.96. The van der Waals surface area contributed by atoms with Crippen LogP contribution < -0.4 is 5.32 Å². The first-order valence-electron chi connectivity index (χ1n) is 9.77. The molecule has 0 aromatic heterocycles. The lowest BCUT2D eigenvalue weighted by Gasteiger charge is -2.15. The number of methoxy groups -OCH3 is 1. The summed E-state index contributed by atoms with van der Waals surface area (Å²) >= 11 is 0.887. The topological polar surface area (TPSA) is 114 Å². The van der Waals surface area contributed by atoms with Crippen LogP contribution in [0.15, 0.2) is 53.4 Å². The van der Waals surface area contributed by atoms with Crippen LogP contribution in [0.25, 0.3) is 11.1 Å². The maximum atomic E-state index is 12.4. The van der Waals surface area contributed by atoms with E-state index in [1.165, 1.54) is 12.2 Å². The minimum atomic E-state index is -0.408. The van der Waals surface area contributed by atoms with E-state index in [4.69, 9.17) is 9.99 Å². The molecule has 9 nitrogen and oxygen atoms in total. The number of carbonyl (C=O) groups excluding carboxylic acids is 3. The molecule has 2 N–H and O–H groups in total. The van der Waals surface area contributed by atoms with E-state index in [0.717, 1.165) is 44.1 Å². The van der Waals surface area contributed by atoms with Crippen LogP contribution in [0.4, 0.5) is 5.69 Å². The zero-order valence-electron chi connectivity index (χ0n) is 17.1. The highest BCUT2D eigenvalue weighted by Crippen LogP contribution is 2.47. The summed E-state index contributed by atoms with van der Waals surface area (Å²) in [4.78, 5) is 37.4. The van der Waals surface area contributed by atoms with Crippen molar-refractivity contribution in [3.63, 3.8) is 0 Å². The second kappa shape index (κ2) is 9.63. The monoisotopic (exact) mass is 456 g/mol. The molecular formula is C22H20N2O7S. The van der Waals surface area contributed by atoms with Gasteiger partial charge >= 0.3 is 0 Å². The highest BCUT2D eigenvalue weighted by Gasteiger charge is 2.30. The molecule has 166 valence electrons. The highest BCUT2D eigenvalue weighted by atomic mass is 32.2. The van der Waals surface area contributed by atoms with Crippen LogP contribution in [0, 0.1) is 0 Å². The van der Waals surface area contributed by atoms with Crippen LogP contribution in [0.3, 0.4) is 0 Å². The van der Waals surface area contributed by atoms with Gasteiger partial charge in [0.1, 0.15) is 0 Å². The molecular weight excluding hydrogens is 436 g/mol. The van der Waals surface area contributed by atoms with Gasteiger partial charge in [0.15, 0.2) is 0 Å². The van der Waals surface area contributed by atoms with Crippen molar-refractivity contribution >= 4 is 35.5 Å². The van der Waals surface area contributed by atoms with E-state index >= 15 is 0 Å². The second-order valence-electron chi connectivity index (χ2n) is 7.24. The van der Waals surface area contributed by atoms with Gasteiger partial charge in [-0.2, -0.15) is 0 Å². The molecule has 32 heavy (non-hydrogen) atoms. The fourth-order valence-electron chi connectivity index (χ4n) is 3.96. The molecule has 1 aliphatic carbocycles. The number of nitrogens with one attached hydrogen (secondary N) is 1. The molecule has 0 spiro atoms. The average Bonchev–Trinajstić information content (AvgIpc) is 3.27. The van der Waals surface area contributed by atoms with Crippen LogP contribution >= 0.6 is 12.0 Å². The molecule has 0 radical (unpaired) electrons. The van der Waals surface area contributed by atoms with Crippen molar-refractivity contribution in [1.29, 1.82) is 0 Å². The zero-order chi connectivity index (χ0) is 22.7. The third-order valence-corrected chi connectivity index (χ3v) is 5.93. The summed E-state index contributed by atoms with van der Waals surface area (Å²) in [5, 5.41) is 14.9. The number of hydrogen-bond donors (Lipinski definition) is 2. The minimum Gasteiger partial charge on any atom is -0.384 e. The number of imide groups is 1. The summed E-state index contributed by atoms with van der Waals surface area (Å²) in [6.45, 7) is 0.467. The minimum absolute atomic E-state index is 0.00544. The number of fused-ring (bicyclic) bond motifs is 3. The predicted molar refractivity (Wildman–Crippen MR) is 115 cm³/mol. The van der Waals surface area contributed by atoms with Gasteiger partial charge in [-0.15, -0.1) is 4.33 Å². The Kier molecular flexibility index (Phi) is 6.68. The number of carbonyl (C=O) groups is 3. The molecule has 2 aliphatic rings. The van der Waals surface area contributed by atoms with Gasteiger partial charge in [-0.1, -0.05) is 17.2 Å². The van der Waals surface area contributed by atoms with E-state index in [0.29, 0.717) is 12.3 Å². The summed E-state index contributed by atoms with van der Waals surface area (Å²) in [5.74, 6) is -1.16. The molecule has 1 heterocycles. The third-order valence-electron chi connectivity index (χ3n) is 5.36. The maximum Gasteiger partial charge on any atom is 0.253 e. The van der Waals surface area contributed by atoms with Crippen molar-refractivity contribution in [1.82, 2.24) is 4.90 Å². The van der Waals surface area contributed by atoms with E-state index in [2.05, 4.69) is 14.7 Å². The number of rotatable bonds is 9. The van der Waals surface area contributed by atoms with Crippen LogP contribution in [-0.4, -0.2) is 48.1 Å². The average molecular weight is 456 g/mol. The quantitative estimate of drug-likeness (QED) is 0.256. The Hall–Kier alpha value is -3.02. The first-order chi connectivity index (χ1) is 15.5. The summed E-state index contributed by atoms with van der Waals surface area (Å²) in [7, 11) is 1.63. The molecule has 2 aromatic rings. The fourth-order valence-corrected chi connectivity index (χ4v) is 4.36. The van der Waals surface area contributed by atoms with Crippen LogP contribution in [-0.2, 0) is 28.5 Å². The first kappa shape index (κ1) is 22.2. The molecule has 0 saturated heterocycles. The van der Waals surface area contributed by atoms with Crippen LogP contribution in [0.5, 0.6) is 0 Å². The van der Waals surface area contributed by atoms with Gasteiger partial charge in [0.05, 0.1) is 18.6 Å². The Morgan fingerprint density at radius 3 is 2.47 bits per heavy atom. The number of benzene rings is 2. The molecule has 0 bridgehead atoms. The largest absolute Gasteiger partial charge is 0.384 e. The molecule has 1 unspecified atom stereocenters. The predicted octanol–water partition coefficient (Wildman–Crippen LogP) is 3.13. The van der Waals surface area contributed by atoms with Gasteiger partial charge in [0.25, 0.3) is 11.8 Å². The van der Waals surface area contributed by atoms with E-state index in [1.807, 2.05) is 36.4 Å². The summed E-state index contributed by atoms with van der Waals surface area (Å²) in [6, 6.07) is 11.4. The Labute approximate surface area is 188 Å². The Bertz CT molecular complexity index is 1080. The molecule has 0 fully saturated rings. The maximum absolute atomic E-state index is 12.4. The molecule has 3 amide bonds. The first-order valence-corrected chi connectivity index (χ1v) is 10.5. The molecule has 1 aliphatic heterocycles. The van der Waals surface area contributed by atoms with Crippen molar-refractivity contribution in [2.75, 3.05) is 25.6 Å². The van der Waals surface area contributed by atoms with E-state index < -0.39 is 11.8 Å². The van der Waals surface area contributed by atoms with Crippen molar-refractivity contribution in [2.24, 2.45) is 0 Å². The number of amides is 3. The second-order valence-corrected chi connectivity index (χ2v) is 8.02. The Morgan fingerprint density at radius 1 is 1.09 bits per heavy atom. The number of hydrogen-bond acceptors (Lipinski definition) is 8. The molecule has 10 heteroatoms. The zero-order valence-corrected chi connectivity index (χ0v) is 17.9. The standard InChI is InChI=1S/C22H20N2O7S/c1-29-12-19-17-10-13(23-20(25)8-9-24-21(26)6-7-22(24)27)2-4-15(17)16-5-3-14(11-18(16)19)32-31-30-28/h2-7,10-11,19,28H,8-9,12H2,1H3,(H,23,25). The lowest BCUT2D eigenvalue weighted by molar-refractivity contribution is -0.432. The van der Waals surface area contributed by atoms with Crippen LogP contribution in [0.1, 0.15) is 23.5 Å². The highest BCUT2D eigenvalue weighted by molar-refractivity contribution is 7.94. The normalized spacial score (nSPS) is 16.4. The van der Waals surface area contributed by atoms with Gasteiger partial charge in [-0.3, -0.25) is 19.3 Å². The molecule has 4 rings (SSSR count). The SMILES string of the molecule is COCC1c2cc(NC(=O)CCN3C(=O)C=CC3=O)ccc2-c2ccc(SOOO)cc21. The van der Waals surface area contributed by atoms with Gasteiger partial charge in [0, 0.05) is 48.7 Å². The van der Waals surface area contributed by atoms with Crippen molar-refractivity contribution in [3.8, 4) is 11.1 Å². The number of ether oxygens (including phenoxy) is 1.